The average Bonchev–Trinajstić information content (AvgIpc) is 2.00. The lowest BCUT2D eigenvalue weighted by molar-refractivity contribution is -0.122. The van der Waals surface area contributed by atoms with E-state index in [1.54, 1.807) is 0 Å². The number of aliphatic hydroxyl groups excluding tert-OH is 1. The number of allylic oxidation sites excluding steroid dienone is 2. The summed E-state index contributed by atoms with van der Waals surface area (Å²) in [6.45, 7) is 5.89. The quantitative estimate of drug-likeness (QED) is 0.653. The summed E-state index contributed by atoms with van der Waals surface area (Å²) in [6.07, 6.45) is 1.76. The van der Waals surface area contributed by atoms with Gasteiger partial charge in [-0.15, -0.1) is 0 Å². The minimum absolute atomic E-state index is 0.00694. The first-order valence-electron chi connectivity index (χ1n) is 4.50. The molecule has 0 saturated heterocycles. The number of carbonyl (C=O) groups excluding carboxylic acids is 1. The molecular formula is C10H16O2. The third-order valence-corrected chi connectivity index (χ3v) is 2.53. The second kappa shape index (κ2) is 3.30. The normalized spacial score (nSPS) is 25.3. The van der Waals surface area contributed by atoms with Gasteiger partial charge in [-0.2, -0.15) is 0 Å². The number of carbonyl (C=O) groups is 1. The first-order chi connectivity index (χ1) is 5.54. The monoisotopic (exact) mass is 168 g/mol. The van der Waals surface area contributed by atoms with Crippen LogP contribution < -0.4 is 0 Å². The van der Waals surface area contributed by atoms with Gasteiger partial charge in [-0.25, -0.2) is 0 Å². The first-order valence-corrected chi connectivity index (χ1v) is 4.50. The van der Waals surface area contributed by atoms with Crippen LogP contribution in [0.5, 0.6) is 0 Å². The molecule has 0 aliphatic heterocycles. The van der Waals surface area contributed by atoms with Gasteiger partial charge >= 0.3 is 0 Å². The largest absolute Gasteiger partial charge is 0.504 e. The maximum Gasteiger partial charge on any atom is 0.199 e. The van der Waals surface area contributed by atoms with Crippen LogP contribution in [0.3, 0.4) is 0 Å². The topological polar surface area (TPSA) is 37.3 Å². The Balaban J connectivity index is 2.93. The van der Waals surface area contributed by atoms with Crippen LogP contribution in [0.4, 0.5) is 0 Å². The van der Waals surface area contributed by atoms with Gasteiger partial charge < -0.3 is 5.11 Å². The van der Waals surface area contributed by atoms with E-state index >= 15 is 0 Å². The molecule has 0 aromatic rings. The number of rotatable bonds is 1. The highest BCUT2D eigenvalue weighted by molar-refractivity contribution is 5.96. The number of Topliss-reactive ketones (excluding diaryl/α,β-unsaturated/α-hetero) is 1. The van der Waals surface area contributed by atoms with E-state index in [-0.39, 0.29) is 17.5 Å². The Morgan fingerprint density at radius 1 is 1.50 bits per heavy atom. The van der Waals surface area contributed by atoms with Crippen molar-refractivity contribution in [1.82, 2.24) is 0 Å². The van der Waals surface area contributed by atoms with Crippen LogP contribution >= 0.6 is 0 Å². The highest BCUT2D eigenvalue weighted by Crippen LogP contribution is 2.29. The van der Waals surface area contributed by atoms with Crippen molar-refractivity contribution in [2.45, 2.75) is 33.6 Å². The molecule has 0 heterocycles. The van der Waals surface area contributed by atoms with Gasteiger partial charge in [0.1, 0.15) is 0 Å². The minimum atomic E-state index is -0.0787. The van der Waals surface area contributed by atoms with E-state index in [4.69, 9.17) is 0 Å². The fraction of sp³-hybridized carbons (Fsp3) is 0.700. The number of ketones is 1. The summed E-state index contributed by atoms with van der Waals surface area (Å²) < 4.78 is 0. The zero-order valence-electron chi connectivity index (χ0n) is 7.92. The number of hydrogen-bond acceptors (Lipinski definition) is 2. The summed E-state index contributed by atoms with van der Waals surface area (Å²) in [5.74, 6) is 0.252. The van der Waals surface area contributed by atoms with Crippen molar-refractivity contribution in [3.05, 3.63) is 11.3 Å². The van der Waals surface area contributed by atoms with Crippen LogP contribution in [0, 0.1) is 11.8 Å². The molecule has 1 N–H and O–H groups in total. The molecule has 2 heteroatoms. The van der Waals surface area contributed by atoms with Gasteiger partial charge in [0.2, 0.25) is 0 Å². The van der Waals surface area contributed by atoms with E-state index in [1.165, 1.54) is 0 Å². The van der Waals surface area contributed by atoms with Gasteiger partial charge in [-0.3, -0.25) is 4.79 Å². The van der Waals surface area contributed by atoms with Gasteiger partial charge in [0.05, 0.1) is 0 Å². The Bertz CT molecular complexity index is 226. The van der Waals surface area contributed by atoms with E-state index in [0.717, 1.165) is 18.4 Å². The molecule has 0 fully saturated rings. The molecule has 0 aromatic heterocycles. The second-order valence-electron chi connectivity index (χ2n) is 3.83. The summed E-state index contributed by atoms with van der Waals surface area (Å²) in [7, 11) is 0. The molecule has 1 atom stereocenters. The third-order valence-electron chi connectivity index (χ3n) is 2.53. The molecule has 1 aliphatic rings. The maximum absolute atomic E-state index is 11.3. The Morgan fingerprint density at radius 2 is 2.08 bits per heavy atom. The summed E-state index contributed by atoms with van der Waals surface area (Å²) in [5.41, 5.74) is 0.929. The fourth-order valence-corrected chi connectivity index (χ4v) is 1.58. The van der Waals surface area contributed by atoms with Crippen molar-refractivity contribution in [2.24, 2.45) is 11.8 Å². The average molecular weight is 168 g/mol. The molecule has 0 unspecified atom stereocenters. The summed E-state index contributed by atoms with van der Waals surface area (Å²) >= 11 is 0. The summed E-state index contributed by atoms with van der Waals surface area (Å²) in [5, 5.41) is 9.51. The molecule has 1 aliphatic carbocycles. The molecule has 0 amide bonds. The molecule has 0 aromatic carbocycles. The number of hydrogen-bond donors (Lipinski definition) is 1. The minimum Gasteiger partial charge on any atom is -0.504 e. The van der Waals surface area contributed by atoms with Crippen molar-refractivity contribution in [2.75, 3.05) is 0 Å². The van der Waals surface area contributed by atoms with Crippen LogP contribution in [-0.2, 0) is 4.79 Å². The van der Waals surface area contributed by atoms with Gasteiger partial charge in [0.25, 0.3) is 0 Å². The van der Waals surface area contributed by atoms with E-state index in [9.17, 15) is 9.90 Å². The lowest BCUT2D eigenvalue weighted by Gasteiger charge is -2.22. The Morgan fingerprint density at radius 3 is 2.58 bits per heavy atom. The predicted molar refractivity (Wildman–Crippen MR) is 47.9 cm³/mol. The molecule has 1 rings (SSSR count). The zero-order chi connectivity index (χ0) is 9.30. The van der Waals surface area contributed by atoms with Crippen LogP contribution in [0.2, 0.25) is 0 Å². The lowest BCUT2D eigenvalue weighted by atomic mass is 9.84. The second-order valence-corrected chi connectivity index (χ2v) is 3.83. The van der Waals surface area contributed by atoms with E-state index in [0.29, 0.717) is 5.92 Å². The Hall–Kier alpha value is -0.790. The van der Waals surface area contributed by atoms with Crippen LogP contribution in [0.25, 0.3) is 0 Å². The van der Waals surface area contributed by atoms with Crippen LogP contribution in [0.1, 0.15) is 33.6 Å². The molecular weight excluding hydrogens is 152 g/mol. The van der Waals surface area contributed by atoms with Gasteiger partial charge in [0.15, 0.2) is 11.5 Å². The molecule has 0 bridgehead atoms. The molecule has 68 valence electrons. The SMILES string of the molecule is CC(C)C1=C(O)C(=O)[C@@H](C)CC1. The van der Waals surface area contributed by atoms with Gasteiger partial charge in [-0.1, -0.05) is 20.8 Å². The van der Waals surface area contributed by atoms with Gasteiger partial charge in [0, 0.05) is 5.92 Å². The highest BCUT2D eigenvalue weighted by Gasteiger charge is 2.27. The Kier molecular flexibility index (Phi) is 2.55. The summed E-state index contributed by atoms with van der Waals surface area (Å²) in [6, 6.07) is 0. The Labute approximate surface area is 73.3 Å². The van der Waals surface area contributed by atoms with Crippen molar-refractivity contribution in [3.8, 4) is 0 Å². The lowest BCUT2D eigenvalue weighted by Crippen LogP contribution is -2.22. The molecule has 12 heavy (non-hydrogen) atoms. The first kappa shape index (κ1) is 9.30. The summed E-state index contributed by atoms with van der Waals surface area (Å²) in [4.78, 5) is 11.3. The third kappa shape index (κ3) is 1.52. The molecule has 2 nitrogen and oxygen atoms in total. The molecule has 0 saturated carbocycles. The van der Waals surface area contributed by atoms with Crippen molar-refractivity contribution < 1.29 is 9.90 Å². The van der Waals surface area contributed by atoms with Crippen LogP contribution in [0.15, 0.2) is 11.3 Å². The van der Waals surface area contributed by atoms with E-state index < -0.39 is 0 Å². The molecule has 0 spiro atoms. The fourth-order valence-electron chi connectivity index (χ4n) is 1.58. The zero-order valence-corrected chi connectivity index (χ0v) is 7.92. The molecule has 0 radical (unpaired) electrons. The highest BCUT2D eigenvalue weighted by atomic mass is 16.3. The van der Waals surface area contributed by atoms with Crippen LogP contribution in [-0.4, -0.2) is 10.9 Å². The standard InChI is InChI=1S/C10H16O2/c1-6(2)8-5-4-7(3)9(11)10(8)12/h6-7,12H,4-5H2,1-3H3/t7-/m0/s1. The smallest absolute Gasteiger partial charge is 0.199 e. The number of aliphatic hydroxyl groups is 1. The van der Waals surface area contributed by atoms with E-state index in [2.05, 4.69) is 0 Å². The van der Waals surface area contributed by atoms with Crippen molar-refractivity contribution >= 4 is 5.78 Å². The van der Waals surface area contributed by atoms with Gasteiger partial charge in [-0.05, 0) is 24.3 Å². The maximum atomic E-state index is 11.3. The van der Waals surface area contributed by atoms with E-state index in [1.807, 2.05) is 20.8 Å². The van der Waals surface area contributed by atoms with Crippen molar-refractivity contribution in [3.63, 3.8) is 0 Å². The van der Waals surface area contributed by atoms with Crippen molar-refractivity contribution in [1.29, 1.82) is 0 Å². The predicted octanol–water partition coefficient (Wildman–Crippen LogP) is 2.45.